The molecule has 170 valence electrons. The van der Waals surface area contributed by atoms with Gasteiger partial charge in [-0.05, 0) is 23.6 Å². The van der Waals surface area contributed by atoms with Crippen LogP contribution in [-0.2, 0) is 10.0 Å². The Kier molecular flexibility index (Phi) is 6.30. The van der Waals surface area contributed by atoms with Crippen molar-refractivity contribution in [1.29, 1.82) is 0 Å². The molecule has 7 nitrogen and oxygen atoms in total. The van der Waals surface area contributed by atoms with Gasteiger partial charge in [-0.2, -0.15) is 11.8 Å². The van der Waals surface area contributed by atoms with Gasteiger partial charge >= 0.3 is 0 Å². The van der Waals surface area contributed by atoms with E-state index in [0.717, 1.165) is 46.2 Å². The van der Waals surface area contributed by atoms with Gasteiger partial charge in [0.1, 0.15) is 15.5 Å². The van der Waals surface area contributed by atoms with Crippen molar-refractivity contribution in [3.8, 4) is 0 Å². The zero-order valence-corrected chi connectivity index (χ0v) is 20.7. The second-order valence-electron chi connectivity index (χ2n) is 7.69. The number of benzene rings is 1. The SMILES string of the molecule is CN(c1cccc2cc(C3=NCC(C(O)N4CCSCC4)S3)[nH]c12)S(=O)(=O)c1cccs1. The lowest BCUT2D eigenvalue weighted by molar-refractivity contribution is 0.0117. The smallest absolute Gasteiger partial charge is 0.273 e. The zero-order chi connectivity index (χ0) is 22.3. The fourth-order valence-corrected chi connectivity index (χ4v) is 8.38. The molecule has 2 aliphatic heterocycles. The van der Waals surface area contributed by atoms with Crippen LogP contribution in [0.1, 0.15) is 5.69 Å². The molecule has 1 fully saturated rings. The molecular formula is C21H24N4O3S4. The molecule has 1 aromatic carbocycles. The second kappa shape index (κ2) is 9.03. The minimum atomic E-state index is -3.63. The molecule has 2 N–H and O–H groups in total. The number of anilines is 1. The summed E-state index contributed by atoms with van der Waals surface area (Å²) in [6.07, 6.45) is -0.510. The summed E-state index contributed by atoms with van der Waals surface area (Å²) in [5, 5.41) is 14.4. The summed E-state index contributed by atoms with van der Waals surface area (Å²) >= 11 is 4.72. The summed E-state index contributed by atoms with van der Waals surface area (Å²) in [5.74, 6) is 2.10. The van der Waals surface area contributed by atoms with Gasteiger partial charge in [-0.3, -0.25) is 14.2 Å². The van der Waals surface area contributed by atoms with Crippen LogP contribution in [0.15, 0.2) is 51.0 Å². The number of aliphatic imine (C=N–C) groups is 1. The van der Waals surface area contributed by atoms with E-state index in [4.69, 9.17) is 0 Å². The quantitative estimate of drug-likeness (QED) is 0.531. The number of thioether (sulfide) groups is 2. The van der Waals surface area contributed by atoms with Crippen LogP contribution in [0.25, 0.3) is 10.9 Å². The molecule has 4 heterocycles. The standard InChI is InChI=1S/C21H24N4O3S4/c1-24(32(27,28)18-6-3-9-30-18)16-5-2-4-14-12-15(23-19(14)16)20-22-13-17(31-20)21(26)25-7-10-29-11-8-25/h2-6,9,12,17,21,23,26H,7-8,10-11,13H2,1H3. The monoisotopic (exact) mass is 508 g/mol. The molecule has 5 rings (SSSR count). The summed E-state index contributed by atoms with van der Waals surface area (Å²) in [6, 6.07) is 11.0. The van der Waals surface area contributed by atoms with Crippen LogP contribution < -0.4 is 4.31 Å². The fourth-order valence-electron chi connectivity index (χ4n) is 3.96. The van der Waals surface area contributed by atoms with E-state index in [1.807, 2.05) is 30.0 Å². The predicted molar refractivity (Wildman–Crippen MR) is 136 cm³/mol. The van der Waals surface area contributed by atoms with Crippen LogP contribution in [0.2, 0.25) is 0 Å². The number of aromatic amines is 1. The maximum absolute atomic E-state index is 13.0. The van der Waals surface area contributed by atoms with Gasteiger partial charge in [-0.1, -0.05) is 30.0 Å². The van der Waals surface area contributed by atoms with E-state index >= 15 is 0 Å². The van der Waals surface area contributed by atoms with Crippen molar-refractivity contribution in [2.45, 2.75) is 15.7 Å². The maximum atomic E-state index is 13.0. The van der Waals surface area contributed by atoms with Crippen LogP contribution in [0, 0.1) is 0 Å². The highest BCUT2D eigenvalue weighted by Gasteiger charge is 2.33. The molecule has 0 bridgehead atoms. The predicted octanol–water partition coefficient (Wildman–Crippen LogP) is 3.28. The van der Waals surface area contributed by atoms with E-state index in [9.17, 15) is 13.5 Å². The normalized spacial score (nSPS) is 21.1. The van der Waals surface area contributed by atoms with E-state index in [2.05, 4.69) is 14.9 Å². The summed E-state index contributed by atoms with van der Waals surface area (Å²) in [7, 11) is -2.05. The Balaban J connectivity index is 1.39. The van der Waals surface area contributed by atoms with Gasteiger partial charge in [0.25, 0.3) is 10.0 Å². The number of sulfonamides is 1. The Labute approximate surface area is 200 Å². The van der Waals surface area contributed by atoms with E-state index in [1.165, 1.54) is 15.6 Å². The highest BCUT2D eigenvalue weighted by atomic mass is 32.2. The van der Waals surface area contributed by atoms with Crippen LogP contribution in [0.5, 0.6) is 0 Å². The number of H-pyrrole nitrogens is 1. The van der Waals surface area contributed by atoms with E-state index in [-0.39, 0.29) is 5.25 Å². The van der Waals surface area contributed by atoms with Crippen LogP contribution in [0.4, 0.5) is 5.69 Å². The highest BCUT2D eigenvalue weighted by molar-refractivity contribution is 8.15. The van der Waals surface area contributed by atoms with Crippen molar-refractivity contribution in [3.63, 3.8) is 0 Å². The van der Waals surface area contributed by atoms with Gasteiger partial charge in [-0.25, -0.2) is 8.42 Å². The Morgan fingerprint density at radius 2 is 2.06 bits per heavy atom. The van der Waals surface area contributed by atoms with Crippen molar-refractivity contribution in [2.75, 3.05) is 42.5 Å². The second-order valence-corrected chi connectivity index (χ2v) is 13.3. The summed E-state index contributed by atoms with van der Waals surface area (Å²) in [5.41, 5.74) is 2.20. The lowest BCUT2D eigenvalue weighted by Crippen LogP contribution is -2.46. The number of hydrogen-bond donors (Lipinski definition) is 2. The number of nitrogens with zero attached hydrogens (tertiary/aromatic N) is 3. The van der Waals surface area contributed by atoms with Gasteiger partial charge in [0.2, 0.25) is 0 Å². The molecule has 2 atom stereocenters. The molecule has 0 amide bonds. The topological polar surface area (TPSA) is 89.0 Å². The van der Waals surface area contributed by atoms with Crippen LogP contribution >= 0.6 is 34.9 Å². The minimum absolute atomic E-state index is 0.000799. The van der Waals surface area contributed by atoms with Gasteiger partial charge in [0.15, 0.2) is 0 Å². The number of hydrogen-bond acceptors (Lipinski definition) is 8. The van der Waals surface area contributed by atoms with Crippen LogP contribution in [-0.4, -0.2) is 78.1 Å². The summed E-state index contributed by atoms with van der Waals surface area (Å²) < 4.78 is 27.7. The molecule has 2 aliphatic rings. The third-order valence-corrected chi connectivity index (χ3v) is 11.1. The molecule has 3 aromatic rings. The fraction of sp³-hybridized carbons (Fsp3) is 0.381. The van der Waals surface area contributed by atoms with Gasteiger partial charge in [0, 0.05) is 37.0 Å². The van der Waals surface area contributed by atoms with E-state index < -0.39 is 16.3 Å². The van der Waals surface area contributed by atoms with E-state index in [0.29, 0.717) is 16.4 Å². The average Bonchev–Trinajstić information content (AvgIpc) is 3.58. The number of fused-ring (bicyclic) bond motifs is 1. The van der Waals surface area contributed by atoms with Crippen molar-refractivity contribution < 1.29 is 13.5 Å². The summed E-state index contributed by atoms with van der Waals surface area (Å²) in [4.78, 5) is 10.2. The first-order valence-electron chi connectivity index (χ1n) is 10.3. The van der Waals surface area contributed by atoms with Crippen molar-refractivity contribution >= 4 is 66.5 Å². The number of nitrogens with one attached hydrogen (secondary N) is 1. The number of aromatic nitrogens is 1. The highest BCUT2D eigenvalue weighted by Crippen LogP contribution is 2.34. The van der Waals surface area contributed by atoms with E-state index in [1.54, 1.807) is 42.4 Å². The first kappa shape index (κ1) is 22.3. The third-order valence-electron chi connectivity index (χ3n) is 5.74. The first-order chi connectivity index (χ1) is 15.4. The van der Waals surface area contributed by atoms with Gasteiger partial charge in [-0.15, -0.1) is 11.3 Å². The molecule has 0 saturated carbocycles. The molecule has 0 spiro atoms. The maximum Gasteiger partial charge on any atom is 0.273 e. The number of aliphatic hydroxyl groups excluding tert-OH is 1. The first-order valence-corrected chi connectivity index (χ1v) is 14.7. The Morgan fingerprint density at radius 1 is 1.25 bits per heavy atom. The molecule has 0 aliphatic carbocycles. The number of rotatable bonds is 6. The Bertz CT molecular complexity index is 1230. The van der Waals surface area contributed by atoms with Crippen molar-refractivity contribution in [3.05, 3.63) is 47.5 Å². The van der Waals surface area contributed by atoms with Crippen molar-refractivity contribution in [1.82, 2.24) is 9.88 Å². The molecule has 1 saturated heterocycles. The number of para-hydroxylation sites is 1. The van der Waals surface area contributed by atoms with Crippen LogP contribution in [0.3, 0.4) is 0 Å². The molecular weight excluding hydrogens is 485 g/mol. The molecule has 2 aromatic heterocycles. The lowest BCUT2D eigenvalue weighted by atomic mass is 10.2. The minimum Gasteiger partial charge on any atom is -0.377 e. The number of aliphatic hydroxyl groups is 1. The average molecular weight is 509 g/mol. The van der Waals surface area contributed by atoms with Gasteiger partial charge < -0.3 is 10.1 Å². The van der Waals surface area contributed by atoms with Crippen molar-refractivity contribution in [2.24, 2.45) is 4.99 Å². The lowest BCUT2D eigenvalue weighted by Gasteiger charge is -2.33. The summed E-state index contributed by atoms with van der Waals surface area (Å²) in [6.45, 7) is 2.37. The molecule has 0 radical (unpaired) electrons. The third kappa shape index (κ3) is 4.10. The van der Waals surface area contributed by atoms with Gasteiger partial charge in [0.05, 0.1) is 28.7 Å². The number of thiophene rings is 1. The zero-order valence-electron chi connectivity index (χ0n) is 17.5. The molecule has 11 heteroatoms. The largest absolute Gasteiger partial charge is 0.377 e. The molecule has 2 unspecified atom stereocenters. The Hall–Kier alpha value is -1.50. The molecule has 32 heavy (non-hydrogen) atoms. The Morgan fingerprint density at radius 3 is 2.81 bits per heavy atom.